The second kappa shape index (κ2) is 3.84. The lowest BCUT2D eigenvalue weighted by Crippen LogP contribution is -2.15. The van der Waals surface area contributed by atoms with Crippen molar-refractivity contribution in [3.05, 3.63) is 33.7 Å². The van der Waals surface area contributed by atoms with Gasteiger partial charge in [0.25, 0.3) is 0 Å². The molecule has 90 valence electrons. The van der Waals surface area contributed by atoms with Gasteiger partial charge in [0.05, 0.1) is 5.69 Å². The van der Waals surface area contributed by atoms with Crippen LogP contribution in [0.25, 0.3) is 5.65 Å². The van der Waals surface area contributed by atoms with Crippen LogP contribution in [0.1, 0.15) is 43.1 Å². The predicted molar refractivity (Wildman–Crippen MR) is 73.5 cm³/mol. The molecule has 0 saturated heterocycles. The molecular weight excluding hydrogens is 276 g/mol. The summed E-state index contributed by atoms with van der Waals surface area (Å²) in [6.07, 6.45) is 4.58. The summed E-state index contributed by atoms with van der Waals surface area (Å²) in [5.74, 6) is 1.35. The number of aromatic nitrogens is 2. The van der Waals surface area contributed by atoms with Gasteiger partial charge >= 0.3 is 0 Å². The number of halogens is 1. The molecule has 0 spiro atoms. The lowest BCUT2D eigenvalue weighted by molar-refractivity contribution is 0.438. The Kier molecular flexibility index (Phi) is 2.54. The Bertz CT molecular complexity index is 585. The lowest BCUT2D eigenvalue weighted by Gasteiger charge is -2.23. The fourth-order valence-electron chi connectivity index (χ4n) is 2.95. The molecule has 3 rings (SSSR count). The van der Waals surface area contributed by atoms with Crippen LogP contribution in [0.2, 0.25) is 0 Å². The van der Waals surface area contributed by atoms with E-state index in [9.17, 15) is 0 Å². The van der Waals surface area contributed by atoms with Gasteiger partial charge in [-0.1, -0.05) is 13.8 Å². The molecule has 0 saturated carbocycles. The Morgan fingerprint density at radius 1 is 1.41 bits per heavy atom. The first-order valence-electron chi connectivity index (χ1n) is 6.23. The zero-order valence-electron chi connectivity index (χ0n) is 10.5. The highest BCUT2D eigenvalue weighted by Crippen LogP contribution is 2.35. The highest BCUT2D eigenvalue weighted by Gasteiger charge is 2.26. The Morgan fingerprint density at radius 3 is 2.94 bits per heavy atom. The summed E-state index contributed by atoms with van der Waals surface area (Å²) in [7, 11) is 0. The van der Waals surface area contributed by atoms with Crippen LogP contribution >= 0.6 is 15.9 Å². The normalized spacial score (nSPS) is 24.0. The first-order valence-corrected chi connectivity index (χ1v) is 7.02. The number of imidazole rings is 1. The molecule has 2 nitrogen and oxygen atoms in total. The summed E-state index contributed by atoms with van der Waals surface area (Å²) >= 11 is 3.61. The Hall–Kier alpha value is -0.830. The van der Waals surface area contributed by atoms with Crippen LogP contribution in [-0.4, -0.2) is 9.38 Å². The van der Waals surface area contributed by atoms with Crippen molar-refractivity contribution in [2.75, 3.05) is 0 Å². The minimum Gasteiger partial charge on any atom is -0.303 e. The molecule has 0 fully saturated rings. The van der Waals surface area contributed by atoms with Crippen LogP contribution in [0.5, 0.6) is 0 Å². The van der Waals surface area contributed by atoms with E-state index >= 15 is 0 Å². The summed E-state index contributed by atoms with van der Waals surface area (Å²) < 4.78 is 3.43. The van der Waals surface area contributed by atoms with E-state index in [4.69, 9.17) is 4.98 Å². The fraction of sp³-hybridized carbons (Fsp3) is 0.500. The van der Waals surface area contributed by atoms with Crippen LogP contribution in [0, 0.1) is 12.8 Å². The zero-order chi connectivity index (χ0) is 12.2. The Morgan fingerprint density at radius 2 is 2.18 bits per heavy atom. The maximum Gasteiger partial charge on any atom is 0.137 e. The van der Waals surface area contributed by atoms with E-state index in [1.54, 1.807) is 0 Å². The molecule has 0 aromatic carbocycles. The van der Waals surface area contributed by atoms with Gasteiger partial charge < -0.3 is 4.40 Å². The Labute approximate surface area is 110 Å². The smallest absolute Gasteiger partial charge is 0.137 e. The first-order chi connectivity index (χ1) is 8.06. The van der Waals surface area contributed by atoms with Crippen LogP contribution in [0.15, 0.2) is 16.7 Å². The molecule has 0 radical (unpaired) electrons. The second-order valence-electron chi connectivity index (χ2n) is 5.42. The number of fused-ring (bicyclic) bond motifs is 3. The number of aryl methyl sites for hydroxylation is 1. The van der Waals surface area contributed by atoms with E-state index < -0.39 is 0 Å². The molecule has 0 bridgehead atoms. The van der Waals surface area contributed by atoms with E-state index in [2.05, 4.69) is 53.4 Å². The summed E-state index contributed by atoms with van der Waals surface area (Å²) in [5.41, 5.74) is 5.06. The van der Waals surface area contributed by atoms with E-state index in [1.807, 2.05) is 0 Å². The van der Waals surface area contributed by atoms with Crippen molar-refractivity contribution in [1.82, 2.24) is 9.38 Å². The van der Waals surface area contributed by atoms with Crippen LogP contribution in [0.4, 0.5) is 0 Å². The number of pyridine rings is 1. The molecule has 0 aliphatic heterocycles. The van der Waals surface area contributed by atoms with Gasteiger partial charge in [0.15, 0.2) is 0 Å². The fourth-order valence-corrected chi connectivity index (χ4v) is 3.27. The van der Waals surface area contributed by atoms with E-state index in [1.165, 1.54) is 23.4 Å². The van der Waals surface area contributed by atoms with Gasteiger partial charge in [-0.2, -0.15) is 0 Å². The van der Waals surface area contributed by atoms with Crippen molar-refractivity contribution in [3.63, 3.8) is 0 Å². The molecule has 0 N–H and O–H groups in total. The van der Waals surface area contributed by atoms with Gasteiger partial charge in [-0.05, 0) is 53.2 Å². The second-order valence-corrected chi connectivity index (χ2v) is 6.28. The molecule has 3 heteroatoms. The monoisotopic (exact) mass is 292 g/mol. The maximum atomic E-state index is 4.81. The predicted octanol–water partition coefficient (Wildman–Crippen LogP) is 4.09. The summed E-state index contributed by atoms with van der Waals surface area (Å²) in [6.45, 7) is 6.74. The number of hydrogen-bond donors (Lipinski definition) is 0. The van der Waals surface area contributed by atoms with Crippen molar-refractivity contribution in [2.45, 2.75) is 39.5 Å². The van der Waals surface area contributed by atoms with Crippen molar-refractivity contribution >= 4 is 21.6 Å². The highest BCUT2D eigenvalue weighted by molar-refractivity contribution is 9.10. The topological polar surface area (TPSA) is 17.3 Å². The maximum absolute atomic E-state index is 4.81. The van der Waals surface area contributed by atoms with Gasteiger partial charge in [0, 0.05) is 22.3 Å². The van der Waals surface area contributed by atoms with Gasteiger partial charge in [-0.25, -0.2) is 4.98 Å². The summed E-state index contributed by atoms with van der Waals surface area (Å²) in [5, 5.41) is 0. The molecule has 1 aliphatic rings. The molecular formula is C14H17BrN2. The van der Waals surface area contributed by atoms with E-state index in [-0.39, 0.29) is 0 Å². The average Bonchev–Trinajstić information content (AvgIpc) is 2.58. The highest BCUT2D eigenvalue weighted by atomic mass is 79.9. The molecule has 2 aromatic heterocycles. The third kappa shape index (κ3) is 1.71. The zero-order valence-corrected chi connectivity index (χ0v) is 12.1. The third-order valence-corrected chi connectivity index (χ3v) is 4.63. The lowest BCUT2D eigenvalue weighted by atomic mass is 9.84. The molecule has 2 aromatic rings. The molecule has 2 atom stereocenters. The number of rotatable bonds is 0. The third-order valence-electron chi connectivity index (χ3n) is 3.80. The van der Waals surface area contributed by atoms with Crippen molar-refractivity contribution < 1.29 is 0 Å². The molecule has 2 unspecified atom stereocenters. The van der Waals surface area contributed by atoms with Gasteiger partial charge in [-0.3, -0.25) is 0 Å². The summed E-state index contributed by atoms with van der Waals surface area (Å²) in [4.78, 5) is 4.81. The van der Waals surface area contributed by atoms with Crippen LogP contribution < -0.4 is 0 Å². The van der Waals surface area contributed by atoms with Gasteiger partial charge in [0.2, 0.25) is 0 Å². The molecule has 17 heavy (non-hydrogen) atoms. The standard InChI is InChI=1S/C14H17BrN2/c1-8-4-10(3)14-12(5-8)17-7-11(15)9(2)6-13(17)16-14/h6-8,10H,4-5H2,1-3H3. The van der Waals surface area contributed by atoms with E-state index in [0.717, 1.165) is 22.5 Å². The largest absolute Gasteiger partial charge is 0.303 e. The number of nitrogens with zero attached hydrogens (tertiary/aromatic N) is 2. The van der Waals surface area contributed by atoms with Crippen LogP contribution in [-0.2, 0) is 6.42 Å². The quantitative estimate of drug-likeness (QED) is 0.715. The molecule has 1 aliphatic carbocycles. The average molecular weight is 293 g/mol. The molecule has 0 amide bonds. The van der Waals surface area contributed by atoms with E-state index in [0.29, 0.717) is 5.92 Å². The first kappa shape index (κ1) is 11.3. The van der Waals surface area contributed by atoms with Gasteiger partial charge in [0.1, 0.15) is 5.65 Å². The van der Waals surface area contributed by atoms with Crippen molar-refractivity contribution in [3.8, 4) is 0 Å². The Balaban J connectivity index is 2.28. The minimum atomic E-state index is 0.590. The minimum absolute atomic E-state index is 0.590. The SMILES string of the molecule is Cc1cc2nc3c(n2cc1Br)CC(C)CC3C. The van der Waals surface area contributed by atoms with Crippen molar-refractivity contribution in [2.24, 2.45) is 5.92 Å². The molecule has 2 heterocycles. The van der Waals surface area contributed by atoms with Gasteiger partial charge in [-0.15, -0.1) is 0 Å². The van der Waals surface area contributed by atoms with Crippen molar-refractivity contribution in [1.29, 1.82) is 0 Å². The summed E-state index contributed by atoms with van der Waals surface area (Å²) in [6, 6.07) is 2.17. The van der Waals surface area contributed by atoms with Crippen LogP contribution in [0.3, 0.4) is 0 Å². The number of hydrogen-bond acceptors (Lipinski definition) is 1.